The minimum Gasteiger partial charge on any atom is -0.392 e. The normalized spacial score (nSPS) is 18.2. The molecule has 2 N–H and O–H groups in total. The fourth-order valence-corrected chi connectivity index (χ4v) is 2.71. The second-order valence-corrected chi connectivity index (χ2v) is 6.25. The Labute approximate surface area is 115 Å². The Kier molecular flexibility index (Phi) is 3.95. The third-order valence-corrected chi connectivity index (χ3v) is 3.88. The van der Waals surface area contributed by atoms with E-state index in [9.17, 15) is 9.90 Å². The van der Waals surface area contributed by atoms with E-state index in [0.717, 1.165) is 12.8 Å². The molecule has 0 radical (unpaired) electrons. The van der Waals surface area contributed by atoms with Crippen LogP contribution in [0.15, 0.2) is 24.3 Å². The van der Waals surface area contributed by atoms with Crippen LogP contribution in [0.25, 0.3) is 0 Å². The summed E-state index contributed by atoms with van der Waals surface area (Å²) in [5.41, 5.74) is 2.42. The van der Waals surface area contributed by atoms with E-state index < -0.39 is 6.10 Å². The first kappa shape index (κ1) is 14.1. The summed E-state index contributed by atoms with van der Waals surface area (Å²) in [5, 5.41) is 12.9. The average molecular weight is 261 g/mol. The van der Waals surface area contributed by atoms with Gasteiger partial charge in [0.15, 0.2) is 0 Å². The lowest BCUT2D eigenvalue weighted by atomic mass is 9.97. The van der Waals surface area contributed by atoms with Crippen molar-refractivity contribution in [3.8, 4) is 0 Å². The number of benzene rings is 1. The highest BCUT2D eigenvalue weighted by Crippen LogP contribution is 2.29. The molecule has 1 aromatic carbocycles. The number of aliphatic hydroxyl groups is 1. The maximum Gasteiger partial charge on any atom is 0.223 e. The van der Waals surface area contributed by atoms with Crippen molar-refractivity contribution in [1.29, 1.82) is 0 Å². The summed E-state index contributed by atoms with van der Waals surface area (Å²) in [7, 11) is 0. The molecule has 0 spiro atoms. The second kappa shape index (κ2) is 5.33. The van der Waals surface area contributed by atoms with E-state index in [1.165, 1.54) is 11.1 Å². The highest BCUT2D eigenvalue weighted by molar-refractivity contribution is 5.77. The van der Waals surface area contributed by atoms with Gasteiger partial charge < -0.3 is 10.4 Å². The van der Waals surface area contributed by atoms with Gasteiger partial charge in [0.2, 0.25) is 5.91 Å². The van der Waals surface area contributed by atoms with E-state index in [0.29, 0.717) is 0 Å². The molecule has 1 aliphatic carbocycles. The summed E-state index contributed by atoms with van der Waals surface area (Å²) in [4.78, 5) is 12.0. The Bertz CT molecular complexity index is 443. The molecule has 0 bridgehead atoms. The second-order valence-electron chi connectivity index (χ2n) is 6.25. The van der Waals surface area contributed by atoms with Gasteiger partial charge >= 0.3 is 0 Å². The zero-order valence-electron chi connectivity index (χ0n) is 11.9. The fourth-order valence-electron chi connectivity index (χ4n) is 2.71. The predicted octanol–water partition coefficient (Wildman–Crippen LogP) is 2.07. The first-order valence-corrected chi connectivity index (χ1v) is 6.95. The molecule has 1 unspecified atom stereocenters. The molecule has 1 amide bonds. The molecule has 0 heterocycles. The van der Waals surface area contributed by atoms with Gasteiger partial charge in [0.05, 0.1) is 12.5 Å². The van der Waals surface area contributed by atoms with Crippen LogP contribution in [0.5, 0.6) is 0 Å². The Morgan fingerprint density at radius 3 is 2.32 bits per heavy atom. The molecule has 0 saturated carbocycles. The van der Waals surface area contributed by atoms with Crippen LogP contribution >= 0.6 is 0 Å². The Morgan fingerprint density at radius 2 is 1.84 bits per heavy atom. The van der Waals surface area contributed by atoms with Gasteiger partial charge in [-0.1, -0.05) is 38.1 Å². The summed E-state index contributed by atoms with van der Waals surface area (Å²) in [6, 6.07) is 8.31. The quantitative estimate of drug-likeness (QED) is 0.871. The number of hydrogen-bond donors (Lipinski definition) is 2. The van der Waals surface area contributed by atoms with Crippen LogP contribution in [0.1, 0.15) is 38.3 Å². The molecule has 1 atom stereocenters. The lowest BCUT2D eigenvalue weighted by Gasteiger charge is -2.26. The molecule has 0 aromatic heterocycles. The first-order chi connectivity index (χ1) is 8.89. The molecular formula is C16H23NO2. The molecule has 0 saturated heterocycles. The zero-order chi connectivity index (χ0) is 14.0. The average Bonchev–Trinajstić information content (AvgIpc) is 2.63. The van der Waals surface area contributed by atoms with Crippen molar-refractivity contribution in [3.63, 3.8) is 0 Å². The summed E-state index contributed by atoms with van der Waals surface area (Å²) in [5.74, 6) is 0.0517. The van der Waals surface area contributed by atoms with E-state index in [1.807, 2.05) is 26.0 Å². The topological polar surface area (TPSA) is 49.3 Å². The molecule has 1 aromatic rings. The number of nitrogens with one attached hydrogen (secondary N) is 1. The lowest BCUT2D eigenvalue weighted by Crippen LogP contribution is -2.47. The van der Waals surface area contributed by atoms with E-state index in [2.05, 4.69) is 24.4 Å². The summed E-state index contributed by atoms with van der Waals surface area (Å²) >= 11 is 0. The smallest absolute Gasteiger partial charge is 0.223 e. The van der Waals surface area contributed by atoms with Gasteiger partial charge in [-0.3, -0.25) is 4.79 Å². The maximum atomic E-state index is 12.0. The largest absolute Gasteiger partial charge is 0.392 e. The SMILES string of the molecule is CC(C)C(O)CC(=O)NC1(C)Cc2ccccc2C1. The van der Waals surface area contributed by atoms with Crippen molar-refractivity contribution in [2.24, 2.45) is 5.92 Å². The third kappa shape index (κ3) is 3.35. The number of hydrogen-bond acceptors (Lipinski definition) is 2. The number of carbonyl (C=O) groups excluding carboxylic acids is 1. The highest BCUT2D eigenvalue weighted by atomic mass is 16.3. The molecule has 0 aliphatic heterocycles. The van der Waals surface area contributed by atoms with E-state index >= 15 is 0 Å². The highest BCUT2D eigenvalue weighted by Gasteiger charge is 2.34. The number of carbonyl (C=O) groups is 1. The Balaban J connectivity index is 1.96. The molecule has 1 aliphatic rings. The van der Waals surface area contributed by atoms with E-state index in [4.69, 9.17) is 0 Å². The third-order valence-electron chi connectivity index (χ3n) is 3.88. The van der Waals surface area contributed by atoms with Gasteiger partial charge in [0.25, 0.3) is 0 Å². The van der Waals surface area contributed by atoms with E-state index in [-0.39, 0.29) is 23.8 Å². The number of amides is 1. The van der Waals surface area contributed by atoms with Crippen LogP contribution in [0.2, 0.25) is 0 Å². The molecule has 19 heavy (non-hydrogen) atoms. The Morgan fingerprint density at radius 1 is 1.32 bits per heavy atom. The Hall–Kier alpha value is -1.35. The van der Waals surface area contributed by atoms with Crippen LogP contribution in [0, 0.1) is 5.92 Å². The van der Waals surface area contributed by atoms with Gasteiger partial charge in [-0.2, -0.15) is 0 Å². The van der Waals surface area contributed by atoms with Gasteiger partial charge in [0.1, 0.15) is 0 Å². The molecule has 3 heteroatoms. The van der Waals surface area contributed by atoms with Crippen molar-refractivity contribution < 1.29 is 9.90 Å². The van der Waals surface area contributed by atoms with Crippen LogP contribution in [-0.2, 0) is 17.6 Å². The zero-order valence-corrected chi connectivity index (χ0v) is 11.9. The van der Waals surface area contributed by atoms with Crippen LogP contribution in [-0.4, -0.2) is 22.7 Å². The maximum absolute atomic E-state index is 12.0. The van der Waals surface area contributed by atoms with Crippen molar-refractivity contribution in [1.82, 2.24) is 5.32 Å². The minimum atomic E-state index is -0.563. The minimum absolute atomic E-state index is 0.0588. The van der Waals surface area contributed by atoms with Gasteiger partial charge in [-0.15, -0.1) is 0 Å². The molecule has 3 nitrogen and oxygen atoms in total. The summed E-state index contributed by atoms with van der Waals surface area (Å²) < 4.78 is 0. The van der Waals surface area contributed by atoms with Crippen LogP contribution in [0.3, 0.4) is 0 Å². The summed E-state index contributed by atoms with van der Waals surface area (Å²) in [6.07, 6.45) is 1.36. The molecule has 104 valence electrons. The van der Waals surface area contributed by atoms with Gasteiger partial charge in [-0.05, 0) is 36.8 Å². The molecular weight excluding hydrogens is 238 g/mol. The van der Waals surface area contributed by atoms with E-state index in [1.54, 1.807) is 0 Å². The summed E-state index contributed by atoms with van der Waals surface area (Å²) in [6.45, 7) is 5.92. The lowest BCUT2D eigenvalue weighted by molar-refractivity contribution is -0.125. The molecule has 0 fully saturated rings. The standard InChI is InChI=1S/C16H23NO2/c1-11(2)14(18)8-15(19)17-16(3)9-12-6-4-5-7-13(12)10-16/h4-7,11,14,18H,8-10H2,1-3H3,(H,17,19). The van der Waals surface area contributed by atoms with Gasteiger partial charge in [-0.25, -0.2) is 0 Å². The van der Waals surface area contributed by atoms with Crippen molar-refractivity contribution in [2.45, 2.75) is 51.7 Å². The van der Waals surface area contributed by atoms with Crippen LogP contribution in [0.4, 0.5) is 0 Å². The monoisotopic (exact) mass is 261 g/mol. The number of fused-ring (bicyclic) bond motifs is 1. The van der Waals surface area contributed by atoms with Gasteiger partial charge in [0, 0.05) is 5.54 Å². The van der Waals surface area contributed by atoms with Crippen molar-refractivity contribution >= 4 is 5.91 Å². The van der Waals surface area contributed by atoms with Crippen LogP contribution < -0.4 is 5.32 Å². The molecule has 2 rings (SSSR count). The van der Waals surface area contributed by atoms with Crippen molar-refractivity contribution in [3.05, 3.63) is 35.4 Å². The predicted molar refractivity (Wildman–Crippen MR) is 75.9 cm³/mol. The van der Waals surface area contributed by atoms with Crippen molar-refractivity contribution in [2.75, 3.05) is 0 Å². The fraction of sp³-hybridized carbons (Fsp3) is 0.562. The first-order valence-electron chi connectivity index (χ1n) is 6.95. The number of rotatable bonds is 4. The number of aliphatic hydroxyl groups excluding tert-OH is 1.